The first-order valence-electron chi connectivity index (χ1n) is 6.83. The highest BCUT2D eigenvalue weighted by atomic mass is 35.5. The molecule has 0 radical (unpaired) electrons. The standard InChI is InChI=1S/C15H22ClN3/c1-9(2)12(8-17)15-18-13-7-11(16)5-6-14(13)19(15)10(3)4/h5-7,9-10,12H,8,17H2,1-4H3. The van der Waals surface area contributed by atoms with Gasteiger partial charge in [-0.3, -0.25) is 0 Å². The molecule has 19 heavy (non-hydrogen) atoms. The molecular weight excluding hydrogens is 258 g/mol. The molecule has 1 aromatic heterocycles. The summed E-state index contributed by atoms with van der Waals surface area (Å²) in [5.74, 6) is 1.81. The quantitative estimate of drug-likeness (QED) is 0.920. The lowest BCUT2D eigenvalue weighted by Crippen LogP contribution is -2.22. The number of benzene rings is 1. The number of imidazole rings is 1. The molecule has 0 fully saturated rings. The highest BCUT2D eigenvalue weighted by molar-refractivity contribution is 6.31. The van der Waals surface area contributed by atoms with Gasteiger partial charge >= 0.3 is 0 Å². The van der Waals surface area contributed by atoms with Crippen LogP contribution in [-0.4, -0.2) is 16.1 Å². The summed E-state index contributed by atoms with van der Waals surface area (Å²) in [5.41, 5.74) is 8.03. The molecule has 104 valence electrons. The van der Waals surface area contributed by atoms with Gasteiger partial charge in [0.25, 0.3) is 0 Å². The fourth-order valence-electron chi connectivity index (χ4n) is 2.57. The lowest BCUT2D eigenvalue weighted by molar-refractivity contribution is 0.449. The molecule has 0 saturated carbocycles. The Hall–Kier alpha value is -1.06. The number of rotatable bonds is 4. The van der Waals surface area contributed by atoms with Crippen molar-refractivity contribution in [3.05, 3.63) is 29.0 Å². The fourth-order valence-corrected chi connectivity index (χ4v) is 2.74. The van der Waals surface area contributed by atoms with Gasteiger partial charge in [0.1, 0.15) is 5.82 Å². The first-order chi connectivity index (χ1) is 8.95. The third kappa shape index (κ3) is 2.63. The maximum absolute atomic E-state index is 6.06. The van der Waals surface area contributed by atoms with Gasteiger partial charge in [-0.15, -0.1) is 0 Å². The molecule has 1 aromatic carbocycles. The van der Waals surface area contributed by atoms with Crippen LogP contribution in [0.2, 0.25) is 5.02 Å². The topological polar surface area (TPSA) is 43.8 Å². The zero-order chi connectivity index (χ0) is 14.2. The number of halogens is 1. The first-order valence-corrected chi connectivity index (χ1v) is 7.21. The molecule has 1 heterocycles. The Morgan fingerprint density at radius 3 is 2.47 bits per heavy atom. The summed E-state index contributed by atoms with van der Waals surface area (Å²) in [4.78, 5) is 4.79. The van der Waals surface area contributed by atoms with Crippen molar-refractivity contribution in [1.82, 2.24) is 9.55 Å². The van der Waals surface area contributed by atoms with E-state index >= 15 is 0 Å². The van der Waals surface area contributed by atoms with Gasteiger partial charge in [-0.05, 0) is 38.0 Å². The normalized spacial score (nSPS) is 13.7. The van der Waals surface area contributed by atoms with E-state index in [0.717, 1.165) is 21.9 Å². The van der Waals surface area contributed by atoms with E-state index in [2.05, 4.69) is 32.3 Å². The van der Waals surface area contributed by atoms with Crippen molar-refractivity contribution in [1.29, 1.82) is 0 Å². The zero-order valence-corrected chi connectivity index (χ0v) is 12.8. The lowest BCUT2D eigenvalue weighted by Gasteiger charge is -2.22. The van der Waals surface area contributed by atoms with E-state index in [9.17, 15) is 0 Å². The molecule has 2 rings (SSSR count). The Balaban J connectivity index is 2.68. The first kappa shape index (κ1) is 14.4. The van der Waals surface area contributed by atoms with Gasteiger partial charge in [0.05, 0.1) is 11.0 Å². The fraction of sp³-hybridized carbons (Fsp3) is 0.533. The molecule has 2 N–H and O–H groups in total. The molecule has 2 aromatic rings. The number of fused-ring (bicyclic) bond motifs is 1. The molecule has 4 heteroatoms. The minimum absolute atomic E-state index is 0.272. The van der Waals surface area contributed by atoms with Gasteiger partial charge < -0.3 is 10.3 Å². The van der Waals surface area contributed by atoms with E-state index in [-0.39, 0.29) is 5.92 Å². The van der Waals surface area contributed by atoms with Crippen LogP contribution in [0.5, 0.6) is 0 Å². The van der Waals surface area contributed by atoms with Crippen LogP contribution in [0.4, 0.5) is 0 Å². The second kappa shape index (κ2) is 5.51. The van der Waals surface area contributed by atoms with E-state index in [0.29, 0.717) is 18.5 Å². The third-order valence-electron chi connectivity index (χ3n) is 3.59. The van der Waals surface area contributed by atoms with Crippen molar-refractivity contribution in [2.75, 3.05) is 6.54 Å². The summed E-state index contributed by atoms with van der Waals surface area (Å²) in [5, 5.41) is 0.723. The molecule has 3 nitrogen and oxygen atoms in total. The summed E-state index contributed by atoms with van der Waals surface area (Å²) < 4.78 is 2.28. The second-order valence-corrected chi connectivity index (χ2v) is 6.09. The van der Waals surface area contributed by atoms with Gasteiger partial charge in [-0.1, -0.05) is 25.4 Å². The van der Waals surface area contributed by atoms with Crippen molar-refractivity contribution in [2.45, 2.75) is 39.7 Å². The Morgan fingerprint density at radius 1 is 1.26 bits per heavy atom. The molecule has 0 amide bonds. The van der Waals surface area contributed by atoms with Crippen LogP contribution < -0.4 is 5.73 Å². The monoisotopic (exact) mass is 279 g/mol. The van der Waals surface area contributed by atoms with Crippen molar-refractivity contribution in [3.63, 3.8) is 0 Å². The number of nitrogens with zero attached hydrogens (tertiary/aromatic N) is 2. The van der Waals surface area contributed by atoms with Crippen molar-refractivity contribution < 1.29 is 0 Å². The number of hydrogen-bond donors (Lipinski definition) is 1. The van der Waals surface area contributed by atoms with E-state index in [4.69, 9.17) is 22.3 Å². The molecule has 0 spiro atoms. The second-order valence-electron chi connectivity index (χ2n) is 5.65. The van der Waals surface area contributed by atoms with Gasteiger partial charge in [0.15, 0.2) is 0 Å². The smallest absolute Gasteiger partial charge is 0.114 e. The van der Waals surface area contributed by atoms with Crippen LogP contribution in [0, 0.1) is 5.92 Å². The Morgan fingerprint density at radius 2 is 1.95 bits per heavy atom. The molecule has 0 bridgehead atoms. The van der Waals surface area contributed by atoms with Crippen LogP contribution in [-0.2, 0) is 0 Å². The van der Waals surface area contributed by atoms with Crippen LogP contribution in [0.15, 0.2) is 18.2 Å². The van der Waals surface area contributed by atoms with Crippen molar-refractivity contribution >= 4 is 22.6 Å². The molecule has 1 atom stereocenters. The Bertz CT molecular complexity index is 572. The summed E-state index contributed by atoms with van der Waals surface area (Å²) >= 11 is 6.06. The van der Waals surface area contributed by atoms with E-state index in [1.54, 1.807) is 0 Å². The summed E-state index contributed by atoms with van der Waals surface area (Å²) in [6, 6.07) is 6.24. The maximum Gasteiger partial charge on any atom is 0.114 e. The number of nitrogens with two attached hydrogens (primary N) is 1. The van der Waals surface area contributed by atoms with E-state index in [1.165, 1.54) is 0 Å². The molecular formula is C15H22ClN3. The van der Waals surface area contributed by atoms with Gasteiger partial charge in [-0.2, -0.15) is 0 Å². The van der Waals surface area contributed by atoms with Gasteiger partial charge in [0.2, 0.25) is 0 Å². The Labute approximate surface area is 119 Å². The third-order valence-corrected chi connectivity index (χ3v) is 3.82. The number of aromatic nitrogens is 2. The average molecular weight is 280 g/mol. The minimum Gasteiger partial charge on any atom is -0.330 e. The molecule has 0 aliphatic rings. The van der Waals surface area contributed by atoms with Gasteiger partial charge in [-0.25, -0.2) is 4.98 Å². The molecule has 1 unspecified atom stereocenters. The van der Waals surface area contributed by atoms with Crippen LogP contribution in [0.1, 0.15) is 45.5 Å². The molecule has 0 aliphatic carbocycles. The summed E-state index contributed by atoms with van der Waals surface area (Å²) in [6.07, 6.45) is 0. The summed E-state index contributed by atoms with van der Waals surface area (Å²) in [6.45, 7) is 9.34. The predicted molar refractivity (Wildman–Crippen MR) is 81.8 cm³/mol. The zero-order valence-electron chi connectivity index (χ0n) is 12.0. The maximum atomic E-state index is 6.06. The average Bonchev–Trinajstić information content (AvgIpc) is 2.67. The highest BCUT2D eigenvalue weighted by Crippen LogP contribution is 2.30. The SMILES string of the molecule is CC(C)C(CN)c1nc2cc(Cl)ccc2n1C(C)C. The van der Waals surface area contributed by atoms with E-state index < -0.39 is 0 Å². The number of hydrogen-bond acceptors (Lipinski definition) is 2. The largest absolute Gasteiger partial charge is 0.330 e. The van der Waals surface area contributed by atoms with Crippen molar-refractivity contribution in [2.24, 2.45) is 11.7 Å². The Kier molecular flexibility index (Phi) is 4.16. The van der Waals surface area contributed by atoms with E-state index in [1.807, 2.05) is 18.2 Å². The van der Waals surface area contributed by atoms with Crippen molar-refractivity contribution in [3.8, 4) is 0 Å². The lowest BCUT2D eigenvalue weighted by atomic mass is 9.95. The van der Waals surface area contributed by atoms with Gasteiger partial charge in [0, 0.05) is 23.5 Å². The molecule has 0 saturated heterocycles. The van der Waals surface area contributed by atoms with Crippen LogP contribution in [0.3, 0.4) is 0 Å². The molecule has 0 aliphatic heterocycles. The van der Waals surface area contributed by atoms with Crippen LogP contribution in [0.25, 0.3) is 11.0 Å². The highest BCUT2D eigenvalue weighted by Gasteiger charge is 2.23. The van der Waals surface area contributed by atoms with Crippen LogP contribution >= 0.6 is 11.6 Å². The summed E-state index contributed by atoms with van der Waals surface area (Å²) in [7, 11) is 0. The predicted octanol–water partition coefficient (Wildman–Crippen LogP) is 3.97. The minimum atomic E-state index is 0.272.